The number of hydrogen-bond acceptors (Lipinski definition) is 4. The van der Waals surface area contributed by atoms with Gasteiger partial charge in [-0.05, 0) is 25.1 Å². The molecule has 0 unspecified atom stereocenters. The van der Waals surface area contributed by atoms with Gasteiger partial charge in [-0.1, -0.05) is 31.5 Å². The van der Waals surface area contributed by atoms with Gasteiger partial charge in [0.05, 0.1) is 11.4 Å². The van der Waals surface area contributed by atoms with E-state index >= 15 is 0 Å². The van der Waals surface area contributed by atoms with E-state index in [4.69, 9.17) is 5.73 Å². The molecular formula is C17H29N5O2S. The number of aliphatic imine (C=N–C) groups is 1. The first-order valence-corrected chi connectivity index (χ1v) is 10.2. The molecule has 1 aliphatic rings. The van der Waals surface area contributed by atoms with Crippen molar-refractivity contribution < 1.29 is 8.42 Å². The van der Waals surface area contributed by atoms with E-state index in [0.717, 1.165) is 32.5 Å². The molecular weight excluding hydrogens is 338 g/mol. The molecule has 7 nitrogen and oxygen atoms in total. The summed E-state index contributed by atoms with van der Waals surface area (Å²) in [5, 5.41) is 3.04. The molecule has 0 aromatic heterocycles. The molecule has 0 atom stereocenters. The zero-order valence-corrected chi connectivity index (χ0v) is 15.9. The second kappa shape index (κ2) is 9.17. The average molecular weight is 368 g/mol. The molecule has 0 radical (unpaired) electrons. The summed E-state index contributed by atoms with van der Waals surface area (Å²) in [6.07, 6.45) is 2.09. The molecule has 0 spiro atoms. The summed E-state index contributed by atoms with van der Waals surface area (Å²) in [7, 11) is -1.51. The quantitative estimate of drug-likeness (QED) is 0.423. The van der Waals surface area contributed by atoms with Gasteiger partial charge >= 0.3 is 0 Å². The van der Waals surface area contributed by atoms with Crippen LogP contribution in [0.4, 0.5) is 0 Å². The van der Waals surface area contributed by atoms with Gasteiger partial charge in [0.2, 0.25) is 10.0 Å². The van der Waals surface area contributed by atoms with Crippen LogP contribution in [-0.4, -0.2) is 63.4 Å². The summed E-state index contributed by atoms with van der Waals surface area (Å²) in [5.41, 5.74) is 6.52. The second-order valence-electron chi connectivity index (χ2n) is 6.30. The SMILES string of the molecule is CCCCNC(N)=NCc1ccccc1S(=O)(=O)N1CCN(C)CC1. The number of hydrogen-bond donors (Lipinski definition) is 2. The van der Waals surface area contributed by atoms with Crippen LogP contribution in [0.5, 0.6) is 0 Å². The van der Waals surface area contributed by atoms with E-state index in [-0.39, 0.29) is 6.54 Å². The molecule has 0 aliphatic carbocycles. The fourth-order valence-electron chi connectivity index (χ4n) is 2.67. The molecule has 8 heteroatoms. The number of guanidine groups is 1. The maximum absolute atomic E-state index is 13.0. The minimum absolute atomic E-state index is 0.244. The molecule has 1 aromatic carbocycles. The fourth-order valence-corrected chi connectivity index (χ4v) is 4.31. The maximum Gasteiger partial charge on any atom is 0.243 e. The molecule has 1 heterocycles. The first-order chi connectivity index (χ1) is 11.9. The molecule has 140 valence electrons. The minimum Gasteiger partial charge on any atom is -0.370 e. The molecule has 1 fully saturated rings. The van der Waals surface area contributed by atoms with Crippen molar-refractivity contribution in [1.82, 2.24) is 14.5 Å². The van der Waals surface area contributed by atoms with Gasteiger partial charge in [-0.3, -0.25) is 0 Å². The van der Waals surface area contributed by atoms with Crippen LogP contribution in [0.15, 0.2) is 34.2 Å². The maximum atomic E-state index is 13.0. The highest BCUT2D eigenvalue weighted by molar-refractivity contribution is 7.89. The molecule has 0 bridgehead atoms. The first kappa shape index (κ1) is 19.7. The van der Waals surface area contributed by atoms with Crippen LogP contribution < -0.4 is 11.1 Å². The van der Waals surface area contributed by atoms with E-state index < -0.39 is 10.0 Å². The van der Waals surface area contributed by atoms with Crippen molar-refractivity contribution in [2.24, 2.45) is 10.7 Å². The number of likely N-dealkylation sites (N-methyl/N-ethyl adjacent to an activating group) is 1. The molecule has 1 aliphatic heterocycles. The van der Waals surface area contributed by atoms with E-state index in [2.05, 4.69) is 22.1 Å². The molecule has 1 saturated heterocycles. The van der Waals surface area contributed by atoms with Crippen LogP contribution >= 0.6 is 0 Å². The number of nitrogens with two attached hydrogens (primary N) is 1. The van der Waals surface area contributed by atoms with Crippen molar-refractivity contribution in [3.8, 4) is 0 Å². The Morgan fingerprint density at radius 1 is 1.24 bits per heavy atom. The van der Waals surface area contributed by atoms with Crippen LogP contribution in [0.3, 0.4) is 0 Å². The van der Waals surface area contributed by atoms with Gasteiger partial charge in [0, 0.05) is 32.7 Å². The Bertz CT molecular complexity index is 682. The Morgan fingerprint density at radius 3 is 2.60 bits per heavy atom. The van der Waals surface area contributed by atoms with Gasteiger partial charge in [-0.2, -0.15) is 4.31 Å². The monoisotopic (exact) mass is 367 g/mol. The van der Waals surface area contributed by atoms with Gasteiger partial charge < -0.3 is 16.0 Å². The Labute approximate surface area is 151 Å². The zero-order chi connectivity index (χ0) is 18.3. The zero-order valence-electron chi connectivity index (χ0n) is 15.1. The molecule has 1 aromatic rings. The largest absolute Gasteiger partial charge is 0.370 e. The topological polar surface area (TPSA) is 91.0 Å². The number of nitrogens with zero attached hydrogens (tertiary/aromatic N) is 3. The Kier molecular flexibility index (Phi) is 7.22. The van der Waals surface area contributed by atoms with E-state index in [1.165, 1.54) is 0 Å². The highest BCUT2D eigenvalue weighted by Gasteiger charge is 2.29. The fraction of sp³-hybridized carbons (Fsp3) is 0.588. The Balaban J connectivity index is 2.13. The summed E-state index contributed by atoms with van der Waals surface area (Å²) < 4.78 is 27.5. The lowest BCUT2D eigenvalue weighted by Crippen LogP contribution is -2.47. The number of unbranched alkanes of at least 4 members (excludes halogenated alkanes) is 1. The minimum atomic E-state index is -3.51. The first-order valence-electron chi connectivity index (χ1n) is 8.75. The number of nitrogens with one attached hydrogen (secondary N) is 1. The summed E-state index contributed by atoms with van der Waals surface area (Å²) >= 11 is 0. The smallest absolute Gasteiger partial charge is 0.243 e. The van der Waals surface area contributed by atoms with Crippen LogP contribution in [0, 0.1) is 0 Å². The number of rotatable bonds is 7. The highest BCUT2D eigenvalue weighted by Crippen LogP contribution is 2.22. The van der Waals surface area contributed by atoms with Gasteiger partial charge in [0.25, 0.3) is 0 Å². The molecule has 0 amide bonds. The third-order valence-electron chi connectivity index (χ3n) is 4.31. The van der Waals surface area contributed by atoms with Crippen LogP contribution in [0.1, 0.15) is 25.3 Å². The molecule has 25 heavy (non-hydrogen) atoms. The number of benzene rings is 1. The lowest BCUT2D eigenvalue weighted by molar-refractivity contribution is 0.222. The van der Waals surface area contributed by atoms with Gasteiger partial charge in [0.15, 0.2) is 5.96 Å². The van der Waals surface area contributed by atoms with Crippen molar-refractivity contribution in [3.63, 3.8) is 0 Å². The van der Waals surface area contributed by atoms with Crippen molar-refractivity contribution in [3.05, 3.63) is 29.8 Å². The number of sulfonamides is 1. The van der Waals surface area contributed by atoms with Crippen molar-refractivity contribution in [2.75, 3.05) is 39.8 Å². The average Bonchev–Trinajstić information content (AvgIpc) is 2.61. The van der Waals surface area contributed by atoms with Crippen molar-refractivity contribution in [1.29, 1.82) is 0 Å². The standard InChI is InChI=1S/C17H29N5O2S/c1-3-4-9-19-17(18)20-14-15-7-5-6-8-16(15)25(23,24)22-12-10-21(2)11-13-22/h5-8H,3-4,9-14H2,1-2H3,(H3,18,19,20). The summed E-state index contributed by atoms with van der Waals surface area (Å²) in [6.45, 7) is 5.63. The van der Waals surface area contributed by atoms with E-state index in [1.807, 2.05) is 13.1 Å². The summed E-state index contributed by atoms with van der Waals surface area (Å²) in [6, 6.07) is 7.03. The third kappa shape index (κ3) is 5.42. The van der Waals surface area contributed by atoms with E-state index in [0.29, 0.717) is 29.5 Å². The Hall–Kier alpha value is -1.64. The lowest BCUT2D eigenvalue weighted by Gasteiger charge is -2.32. The lowest BCUT2D eigenvalue weighted by atomic mass is 10.2. The number of piperazine rings is 1. The predicted octanol–water partition coefficient (Wildman–Crippen LogP) is 0.827. The third-order valence-corrected chi connectivity index (χ3v) is 6.31. The second-order valence-corrected chi connectivity index (χ2v) is 8.20. The molecule has 2 rings (SSSR count). The van der Waals surface area contributed by atoms with Crippen LogP contribution in [0.25, 0.3) is 0 Å². The van der Waals surface area contributed by atoms with Crippen molar-refractivity contribution in [2.45, 2.75) is 31.2 Å². The van der Waals surface area contributed by atoms with Gasteiger partial charge in [0.1, 0.15) is 0 Å². The highest BCUT2D eigenvalue weighted by atomic mass is 32.2. The molecule has 3 N–H and O–H groups in total. The Morgan fingerprint density at radius 2 is 1.92 bits per heavy atom. The predicted molar refractivity (Wildman–Crippen MR) is 101 cm³/mol. The molecule has 0 saturated carbocycles. The van der Waals surface area contributed by atoms with E-state index in [1.54, 1.807) is 22.5 Å². The van der Waals surface area contributed by atoms with Crippen LogP contribution in [0.2, 0.25) is 0 Å². The van der Waals surface area contributed by atoms with Gasteiger partial charge in [-0.25, -0.2) is 13.4 Å². The summed E-state index contributed by atoms with van der Waals surface area (Å²) in [5.74, 6) is 0.347. The normalized spacial score (nSPS) is 17.6. The van der Waals surface area contributed by atoms with Gasteiger partial charge in [-0.15, -0.1) is 0 Å². The summed E-state index contributed by atoms with van der Waals surface area (Å²) in [4.78, 5) is 6.74. The van der Waals surface area contributed by atoms with Crippen molar-refractivity contribution >= 4 is 16.0 Å². The van der Waals surface area contributed by atoms with E-state index in [9.17, 15) is 8.42 Å². The van der Waals surface area contributed by atoms with Crippen LogP contribution in [-0.2, 0) is 16.6 Å².